The highest BCUT2D eigenvalue weighted by molar-refractivity contribution is 6.32. The van der Waals surface area contributed by atoms with Crippen molar-refractivity contribution in [3.8, 4) is 0 Å². The smallest absolute Gasteiger partial charge is 0.157 e. The first-order chi connectivity index (χ1) is 11.3. The maximum atomic E-state index is 6.19. The summed E-state index contributed by atoms with van der Waals surface area (Å²) in [4.78, 5) is 10.8. The highest BCUT2D eigenvalue weighted by atomic mass is 35.5. The van der Waals surface area contributed by atoms with E-state index in [1.54, 1.807) is 0 Å². The summed E-state index contributed by atoms with van der Waals surface area (Å²) in [6, 6.07) is 0. The molecule has 2 aromatic rings. The predicted molar refractivity (Wildman–Crippen MR) is 89.1 cm³/mol. The Balaban J connectivity index is 1.61. The van der Waals surface area contributed by atoms with Crippen molar-refractivity contribution in [2.75, 3.05) is 30.4 Å². The largest absolute Gasteiger partial charge is 0.383 e. The number of anilines is 2. The Morgan fingerprint density at radius 2 is 2.13 bits per heavy atom. The van der Waals surface area contributed by atoms with Crippen LogP contribution in [-0.2, 0) is 13.0 Å². The Morgan fingerprint density at radius 1 is 1.22 bits per heavy atom. The van der Waals surface area contributed by atoms with Crippen LogP contribution in [0.1, 0.15) is 36.8 Å². The summed E-state index contributed by atoms with van der Waals surface area (Å²) in [7, 11) is 1.85. The average Bonchev–Trinajstić information content (AvgIpc) is 3.18. The molecule has 2 aromatic heterocycles. The monoisotopic (exact) mass is 333 g/mol. The van der Waals surface area contributed by atoms with Crippen LogP contribution in [0.4, 0.5) is 11.5 Å². The molecule has 0 radical (unpaired) electrons. The second kappa shape index (κ2) is 5.96. The fourth-order valence-electron chi connectivity index (χ4n) is 3.67. The molecular weight excluding hydrogens is 314 g/mol. The normalized spacial score (nSPS) is 20.6. The number of aromatic nitrogens is 5. The van der Waals surface area contributed by atoms with Gasteiger partial charge in [-0.15, -0.1) is 10.2 Å². The van der Waals surface area contributed by atoms with Crippen molar-refractivity contribution < 1.29 is 0 Å². The van der Waals surface area contributed by atoms with Gasteiger partial charge in [0.1, 0.15) is 23.7 Å². The average molecular weight is 334 g/mol. The fourth-order valence-corrected chi connectivity index (χ4v) is 3.89. The SMILES string of the molecule is CNc1c(Cl)ncnc1N1CCCC(c2nnc3n2CCC3)C1. The molecule has 122 valence electrons. The van der Waals surface area contributed by atoms with E-state index < -0.39 is 0 Å². The Kier molecular flexibility index (Phi) is 3.80. The number of nitrogens with one attached hydrogen (secondary N) is 1. The molecule has 4 heterocycles. The van der Waals surface area contributed by atoms with Gasteiger partial charge >= 0.3 is 0 Å². The Morgan fingerprint density at radius 3 is 3.00 bits per heavy atom. The summed E-state index contributed by atoms with van der Waals surface area (Å²) in [5, 5.41) is 12.4. The van der Waals surface area contributed by atoms with E-state index in [1.165, 1.54) is 12.7 Å². The summed E-state index contributed by atoms with van der Waals surface area (Å²) in [5.74, 6) is 3.53. The zero-order valence-electron chi connectivity index (χ0n) is 13.2. The Bertz CT molecular complexity index is 714. The third-order valence-corrected chi connectivity index (χ3v) is 5.04. The quantitative estimate of drug-likeness (QED) is 0.867. The lowest BCUT2D eigenvalue weighted by Gasteiger charge is -2.34. The van der Waals surface area contributed by atoms with Crippen LogP contribution in [0.3, 0.4) is 0 Å². The second-order valence-corrected chi connectivity index (χ2v) is 6.49. The van der Waals surface area contributed by atoms with Crippen molar-refractivity contribution in [2.45, 2.75) is 38.1 Å². The van der Waals surface area contributed by atoms with Gasteiger partial charge in [-0.05, 0) is 19.3 Å². The summed E-state index contributed by atoms with van der Waals surface area (Å²) >= 11 is 6.19. The molecule has 0 spiro atoms. The summed E-state index contributed by atoms with van der Waals surface area (Å²) in [6.07, 6.45) is 6.01. The zero-order valence-corrected chi connectivity index (χ0v) is 13.9. The molecule has 0 bridgehead atoms. The lowest BCUT2D eigenvalue weighted by molar-refractivity contribution is 0.471. The predicted octanol–water partition coefficient (Wildman–Crippen LogP) is 2.09. The molecule has 1 N–H and O–H groups in total. The molecule has 0 aromatic carbocycles. The van der Waals surface area contributed by atoms with Crippen LogP contribution >= 0.6 is 11.6 Å². The molecule has 2 aliphatic heterocycles. The number of piperidine rings is 1. The minimum absolute atomic E-state index is 0.390. The molecule has 8 heteroatoms. The fraction of sp³-hybridized carbons (Fsp3) is 0.600. The second-order valence-electron chi connectivity index (χ2n) is 6.13. The van der Waals surface area contributed by atoms with Gasteiger partial charge in [0.15, 0.2) is 11.0 Å². The lowest BCUT2D eigenvalue weighted by atomic mass is 9.97. The molecule has 2 aliphatic rings. The van der Waals surface area contributed by atoms with Crippen LogP contribution < -0.4 is 10.2 Å². The van der Waals surface area contributed by atoms with Crippen LogP contribution in [0, 0.1) is 0 Å². The van der Waals surface area contributed by atoms with E-state index in [-0.39, 0.29) is 0 Å². The number of hydrogen-bond acceptors (Lipinski definition) is 6. The molecule has 0 saturated carbocycles. The van der Waals surface area contributed by atoms with E-state index in [1.807, 2.05) is 7.05 Å². The van der Waals surface area contributed by atoms with Crippen LogP contribution in [0.25, 0.3) is 0 Å². The number of fused-ring (bicyclic) bond motifs is 1. The third kappa shape index (κ3) is 2.52. The standard InChI is InChI=1S/C15H20ClN7/c1-17-12-13(16)18-9-19-15(12)22-6-2-4-10(8-22)14-21-20-11-5-3-7-23(11)14/h9-10,17H,2-8H2,1H3. The van der Waals surface area contributed by atoms with Gasteiger partial charge in [-0.25, -0.2) is 9.97 Å². The Labute approximate surface area is 140 Å². The van der Waals surface area contributed by atoms with E-state index in [4.69, 9.17) is 11.6 Å². The van der Waals surface area contributed by atoms with E-state index in [2.05, 4.69) is 34.9 Å². The van der Waals surface area contributed by atoms with E-state index >= 15 is 0 Å². The minimum atomic E-state index is 0.390. The van der Waals surface area contributed by atoms with Crippen molar-refractivity contribution in [3.63, 3.8) is 0 Å². The molecule has 0 aliphatic carbocycles. The van der Waals surface area contributed by atoms with Gasteiger partial charge in [-0.3, -0.25) is 0 Å². The van der Waals surface area contributed by atoms with E-state index in [9.17, 15) is 0 Å². The van der Waals surface area contributed by atoms with Crippen LogP contribution in [0.5, 0.6) is 0 Å². The molecule has 23 heavy (non-hydrogen) atoms. The third-order valence-electron chi connectivity index (χ3n) is 4.76. The van der Waals surface area contributed by atoms with Gasteiger partial charge < -0.3 is 14.8 Å². The van der Waals surface area contributed by atoms with Gasteiger partial charge in [0.25, 0.3) is 0 Å². The minimum Gasteiger partial charge on any atom is -0.383 e. The van der Waals surface area contributed by atoms with Crippen molar-refractivity contribution in [1.82, 2.24) is 24.7 Å². The van der Waals surface area contributed by atoms with Crippen molar-refractivity contribution in [3.05, 3.63) is 23.1 Å². The molecule has 1 fully saturated rings. The highest BCUT2D eigenvalue weighted by Crippen LogP contribution is 2.34. The summed E-state index contributed by atoms with van der Waals surface area (Å²) in [5.41, 5.74) is 0.793. The molecule has 4 rings (SSSR count). The first-order valence-corrected chi connectivity index (χ1v) is 8.51. The number of rotatable bonds is 3. The Hall–Kier alpha value is -1.89. The molecule has 1 atom stereocenters. The number of halogens is 1. The first-order valence-electron chi connectivity index (χ1n) is 8.13. The van der Waals surface area contributed by atoms with Gasteiger partial charge in [-0.2, -0.15) is 0 Å². The molecule has 1 saturated heterocycles. The number of nitrogens with zero attached hydrogens (tertiary/aromatic N) is 6. The molecule has 1 unspecified atom stereocenters. The van der Waals surface area contributed by atoms with Gasteiger partial charge in [0.05, 0.1) is 0 Å². The number of hydrogen-bond donors (Lipinski definition) is 1. The molecule has 7 nitrogen and oxygen atoms in total. The van der Waals surface area contributed by atoms with Crippen LogP contribution in [0.15, 0.2) is 6.33 Å². The number of aryl methyl sites for hydroxylation is 1. The van der Waals surface area contributed by atoms with Gasteiger partial charge in [0, 0.05) is 39.0 Å². The maximum absolute atomic E-state index is 6.19. The van der Waals surface area contributed by atoms with Crippen molar-refractivity contribution in [2.24, 2.45) is 0 Å². The van der Waals surface area contributed by atoms with E-state index in [0.29, 0.717) is 11.1 Å². The van der Waals surface area contributed by atoms with Crippen LogP contribution in [-0.4, -0.2) is 44.9 Å². The van der Waals surface area contributed by atoms with Crippen molar-refractivity contribution in [1.29, 1.82) is 0 Å². The summed E-state index contributed by atoms with van der Waals surface area (Å²) in [6.45, 7) is 2.91. The van der Waals surface area contributed by atoms with Crippen molar-refractivity contribution >= 4 is 23.1 Å². The lowest BCUT2D eigenvalue weighted by Crippen LogP contribution is -2.36. The topological polar surface area (TPSA) is 71.8 Å². The van der Waals surface area contributed by atoms with E-state index in [0.717, 1.165) is 62.1 Å². The van der Waals surface area contributed by atoms with Gasteiger partial charge in [0.2, 0.25) is 0 Å². The summed E-state index contributed by atoms with van der Waals surface area (Å²) < 4.78 is 2.31. The zero-order chi connectivity index (χ0) is 15.8. The maximum Gasteiger partial charge on any atom is 0.157 e. The highest BCUT2D eigenvalue weighted by Gasteiger charge is 2.30. The molecule has 0 amide bonds. The molecular formula is C15H20ClN7. The first kappa shape index (κ1) is 14.7. The van der Waals surface area contributed by atoms with Crippen LogP contribution in [0.2, 0.25) is 5.15 Å². The van der Waals surface area contributed by atoms with Gasteiger partial charge in [-0.1, -0.05) is 11.6 Å².